The monoisotopic (exact) mass is 939 g/mol. The average molecular weight is 940 g/mol. The Kier molecular flexibility index (Phi) is 10.3. The summed E-state index contributed by atoms with van der Waals surface area (Å²) in [6.07, 6.45) is 0. The Balaban J connectivity index is 1.25. The zero-order valence-corrected chi connectivity index (χ0v) is 43.3. The SMILES string of the molecule is Cc1ccc(N(c2ccc([Si](C)(C)C)cc2)c2cc3c(c4ccccc24)c2c4ccccc4c(N(c4ccc(C)cc4)c4ccc([Si](C)(C)C)cc4)cc2n3-c2cccc3c2oc2ccccc23)cc1. The lowest BCUT2D eigenvalue weighted by atomic mass is 9.96. The molecule has 0 saturated heterocycles. The molecular weight excluding hydrogens is 883 g/mol. The van der Waals surface area contributed by atoms with Crippen molar-refractivity contribution in [3.05, 3.63) is 211 Å². The van der Waals surface area contributed by atoms with Crippen LogP contribution in [0.25, 0.3) is 71.0 Å². The van der Waals surface area contributed by atoms with Crippen molar-refractivity contribution in [1.29, 1.82) is 0 Å². The molecule has 0 radical (unpaired) electrons. The molecule has 0 bridgehead atoms. The first-order valence-electron chi connectivity index (χ1n) is 24.6. The maximum absolute atomic E-state index is 6.98. The van der Waals surface area contributed by atoms with Crippen LogP contribution < -0.4 is 20.2 Å². The van der Waals surface area contributed by atoms with Gasteiger partial charge in [-0.1, -0.05) is 188 Å². The quantitative estimate of drug-likeness (QED) is 0.135. The minimum Gasteiger partial charge on any atom is -0.454 e. The molecule has 6 heteroatoms. The molecule has 0 unspecified atom stereocenters. The standard InChI is InChI=1S/C64H57N3OSi2/c1-42-24-28-44(29-25-42)65(46-32-36-48(37-33-46)69(3,4)5)57-40-59-62(53-19-11-9-16-50(53)57)63-54-20-12-10-17-51(54)58(66(45-30-26-43(2)27-31-45)47-34-38-49(39-35-47)70(6,7)8)41-60(63)67(59)56-22-15-21-55-52-18-13-14-23-61(52)68-64(55)56/h9-41H,1-8H3. The predicted molar refractivity (Wildman–Crippen MR) is 308 cm³/mol. The van der Waals surface area contributed by atoms with Crippen molar-refractivity contribution < 1.29 is 4.42 Å². The molecule has 0 fully saturated rings. The summed E-state index contributed by atoms with van der Waals surface area (Å²) in [4.78, 5) is 4.93. The van der Waals surface area contributed by atoms with Crippen LogP contribution in [-0.2, 0) is 0 Å². The summed E-state index contributed by atoms with van der Waals surface area (Å²) in [5, 5.41) is 12.3. The summed E-state index contributed by atoms with van der Waals surface area (Å²) in [6.45, 7) is 18.8. The molecule has 12 aromatic rings. The molecule has 10 aromatic carbocycles. The minimum atomic E-state index is -1.56. The Morgan fingerprint density at radius 2 is 0.743 bits per heavy atom. The number of rotatable bonds is 9. The number of aryl methyl sites for hydroxylation is 2. The summed E-state index contributed by atoms with van der Waals surface area (Å²) in [6, 6.07) is 74.7. The summed E-state index contributed by atoms with van der Waals surface area (Å²) in [5.74, 6) is 0. The highest BCUT2D eigenvalue weighted by atomic mass is 28.3. The number of fused-ring (bicyclic) bond motifs is 10. The smallest absolute Gasteiger partial charge is 0.159 e. The summed E-state index contributed by atoms with van der Waals surface area (Å²) >= 11 is 0. The van der Waals surface area contributed by atoms with Crippen molar-refractivity contribution in [2.45, 2.75) is 53.1 Å². The number of benzene rings is 10. The van der Waals surface area contributed by atoms with Crippen molar-refractivity contribution >= 4 is 126 Å². The van der Waals surface area contributed by atoms with Gasteiger partial charge in [-0.05, 0) is 97.4 Å². The van der Waals surface area contributed by atoms with Crippen molar-refractivity contribution in [2.24, 2.45) is 0 Å². The van der Waals surface area contributed by atoms with Gasteiger partial charge in [0, 0.05) is 55.1 Å². The van der Waals surface area contributed by atoms with Crippen molar-refractivity contribution in [3.63, 3.8) is 0 Å². The second-order valence-corrected chi connectivity index (χ2v) is 31.3. The minimum absolute atomic E-state index is 0.863. The molecule has 0 atom stereocenters. The van der Waals surface area contributed by atoms with Crippen molar-refractivity contribution in [3.8, 4) is 5.69 Å². The van der Waals surface area contributed by atoms with E-state index < -0.39 is 16.1 Å². The highest BCUT2D eigenvalue weighted by molar-refractivity contribution is 6.89. The molecule has 0 N–H and O–H groups in total. The Hall–Kier alpha value is -7.65. The van der Waals surface area contributed by atoms with E-state index in [1.54, 1.807) is 0 Å². The Morgan fingerprint density at radius 3 is 1.17 bits per heavy atom. The van der Waals surface area contributed by atoms with Crippen LogP contribution in [0.4, 0.5) is 34.1 Å². The molecule has 0 spiro atoms. The topological polar surface area (TPSA) is 24.6 Å². The lowest BCUT2D eigenvalue weighted by molar-refractivity contribution is 0.666. The molecule has 0 amide bonds. The van der Waals surface area contributed by atoms with Crippen molar-refractivity contribution in [1.82, 2.24) is 4.57 Å². The van der Waals surface area contributed by atoms with E-state index in [4.69, 9.17) is 4.42 Å². The maximum atomic E-state index is 6.98. The molecule has 0 aliphatic carbocycles. The van der Waals surface area contributed by atoms with E-state index in [0.717, 1.165) is 72.8 Å². The lowest BCUT2D eigenvalue weighted by Crippen LogP contribution is -2.37. The molecule has 12 rings (SSSR count). The maximum Gasteiger partial charge on any atom is 0.159 e. The number of hydrogen-bond donors (Lipinski definition) is 0. The van der Waals surface area contributed by atoms with Gasteiger partial charge < -0.3 is 18.8 Å². The number of furan rings is 1. The number of aromatic nitrogens is 1. The van der Waals surface area contributed by atoms with Gasteiger partial charge in [0.05, 0.1) is 44.2 Å². The number of nitrogens with zero attached hydrogens (tertiary/aromatic N) is 3. The van der Waals surface area contributed by atoms with Gasteiger partial charge in [0.15, 0.2) is 5.58 Å². The van der Waals surface area contributed by atoms with E-state index >= 15 is 0 Å². The number of hydrogen-bond acceptors (Lipinski definition) is 3. The molecule has 0 aliphatic heterocycles. The van der Waals surface area contributed by atoms with E-state index in [1.165, 1.54) is 53.8 Å². The Labute approximate surface area is 412 Å². The van der Waals surface area contributed by atoms with E-state index in [2.05, 4.69) is 268 Å². The van der Waals surface area contributed by atoms with E-state index in [0.29, 0.717) is 0 Å². The lowest BCUT2D eigenvalue weighted by Gasteiger charge is -2.28. The first-order chi connectivity index (χ1) is 33.8. The summed E-state index contributed by atoms with van der Waals surface area (Å²) in [5.41, 5.74) is 14.1. The zero-order chi connectivity index (χ0) is 48.1. The molecule has 2 aromatic heterocycles. The van der Waals surface area contributed by atoms with Crippen molar-refractivity contribution in [2.75, 3.05) is 9.80 Å². The van der Waals surface area contributed by atoms with Crippen LogP contribution in [0.2, 0.25) is 39.3 Å². The molecule has 0 saturated carbocycles. The number of anilines is 6. The van der Waals surface area contributed by atoms with Crippen LogP contribution in [0.5, 0.6) is 0 Å². The molecule has 342 valence electrons. The second kappa shape index (κ2) is 16.5. The van der Waals surface area contributed by atoms with Gasteiger partial charge in [-0.2, -0.15) is 0 Å². The zero-order valence-electron chi connectivity index (χ0n) is 41.3. The van der Waals surface area contributed by atoms with Gasteiger partial charge in [0.2, 0.25) is 0 Å². The normalized spacial score (nSPS) is 12.3. The third kappa shape index (κ3) is 7.24. The third-order valence-corrected chi connectivity index (χ3v) is 18.5. The fraction of sp³-hybridized carbons (Fsp3) is 0.125. The largest absolute Gasteiger partial charge is 0.454 e. The molecule has 2 heterocycles. The first-order valence-corrected chi connectivity index (χ1v) is 31.6. The van der Waals surface area contributed by atoms with Gasteiger partial charge >= 0.3 is 0 Å². The van der Waals surface area contributed by atoms with E-state index in [-0.39, 0.29) is 0 Å². The Bertz CT molecular complexity index is 3760. The van der Waals surface area contributed by atoms with Crippen LogP contribution in [0.3, 0.4) is 0 Å². The average Bonchev–Trinajstić information content (AvgIpc) is 3.91. The Morgan fingerprint density at radius 1 is 0.371 bits per heavy atom. The third-order valence-electron chi connectivity index (χ3n) is 14.4. The molecular formula is C64H57N3OSi2. The van der Waals surface area contributed by atoms with Crippen LogP contribution in [-0.4, -0.2) is 20.7 Å². The molecule has 4 nitrogen and oxygen atoms in total. The van der Waals surface area contributed by atoms with E-state index in [9.17, 15) is 0 Å². The van der Waals surface area contributed by atoms with Crippen LogP contribution >= 0.6 is 0 Å². The highest BCUT2D eigenvalue weighted by Gasteiger charge is 2.28. The fourth-order valence-electron chi connectivity index (χ4n) is 10.7. The predicted octanol–water partition coefficient (Wildman–Crippen LogP) is 17.6. The van der Waals surface area contributed by atoms with Gasteiger partial charge in [-0.15, -0.1) is 0 Å². The van der Waals surface area contributed by atoms with Gasteiger partial charge in [0.1, 0.15) is 5.58 Å². The van der Waals surface area contributed by atoms with Gasteiger partial charge in [-0.3, -0.25) is 0 Å². The summed E-state index contributed by atoms with van der Waals surface area (Å²) in [7, 11) is -3.12. The van der Waals surface area contributed by atoms with Crippen LogP contribution in [0.15, 0.2) is 205 Å². The molecule has 70 heavy (non-hydrogen) atoms. The van der Waals surface area contributed by atoms with Crippen LogP contribution in [0, 0.1) is 13.8 Å². The van der Waals surface area contributed by atoms with Crippen LogP contribution in [0.1, 0.15) is 11.1 Å². The summed E-state index contributed by atoms with van der Waals surface area (Å²) < 4.78 is 9.48. The molecule has 0 aliphatic rings. The van der Waals surface area contributed by atoms with Gasteiger partial charge in [-0.25, -0.2) is 0 Å². The second-order valence-electron chi connectivity index (χ2n) is 21.2. The fourth-order valence-corrected chi connectivity index (χ4v) is 13.0. The first kappa shape index (κ1) is 43.6. The number of para-hydroxylation sites is 2. The van der Waals surface area contributed by atoms with E-state index in [1.807, 2.05) is 0 Å². The van der Waals surface area contributed by atoms with Gasteiger partial charge in [0.25, 0.3) is 0 Å². The highest BCUT2D eigenvalue weighted by Crippen LogP contribution is 2.50.